The first-order chi connectivity index (χ1) is 7.43. The van der Waals surface area contributed by atoms with Crippen molar-refractivity contribution >= 4 is 27.3 Å². The summed E-state index contributed by atoms with van der Waals surface area (Å²) in [5, 5.41) is 0. The topological polar surface area (TPSA) is 25.2 Å². The predicted octanol–water partition coefficient (Wildman–Crippen LogP) is 3.27. The zero-order valence-corrected chi connectivity index (χ0v) is 9.26. The van der Waals surface area contributed by atoms with Gasteiger partial charge in [-0.3, -0.25) is 4.99 Å². The van der Waals surface area contributed by atoms with Crippen LogP contribution in [0.15, 0.2) is 28.7 Å². The van der Waals surface area contributed by atoms with Gasteiger partial charge in [0.2, 0.25) is 0 Å². The molecule has 1 aliphatic rings. The van der Waals surface area contributed by atoms with Gasteiger partial charge in [-0.05, 0) is 37.0 Å². The Hall–Kier alpha value is -1.22. The highest BCUT2D eigenvalue weighted by Crippen LogP contribution is 2.21. The van der Waals surface area contributed by atoms with E-state index in [4.69, 9.17) is 0 Å². The van der Waals surface area contributed by atoms with Crippen LogP contribution in [0, 0.1) is 0 Å². The molecule has 3 rings (SSSR count). The van der Waals surface area contributed by atoms with E-state index in [2.05, 4.69) is 28.2 Å². The standard InChI is InChI=1S/C12H12N2S/c1-2-6-13-10(3-1)9-4-5-12-11(7-9)14-8-15-12/h4-5,7-8H,1-3,6H2. The van der Waals surface area contributed by atoms with Crippen LogP contribution >= 0.6 is 11.3 Å². The van der Waals surface area contributed by atoms with Gasteiger partial charge in [0.15, 0.2) is 0 Å². The third kappa shape index (κ3) is 1.67. The van der Waals surface area contributed by atoms with Crippen molar-refractivity contribution in [3.8, 4) is 0 Å². The van der Waals surface area contributed by atoms with Gasteiger partial charge in [-0.25, -0.2) is 4.98 Å². The lowest BCUT2D eigenvalue weighted by atomic mass is 10.0. The average Bonchev–Trinajstić information content (AvgIpc) is 2.77. The van der Waals surface area contributed by atoms with Crippen LogP contribution in [0.4, 0.5) is 0 Å². The minimum Gasteiger partial charge on any atom is -0.289 e. The van der Waals surface area contributed by atoms with Crippen molar-refractivity contribution < 1.29 is 0 Å². The third-order valence-corrected chi connectivity index (χ3v) is 3.60. The van der Waals surface area contributed by atoms with E-state index >= 15 is 0 Å². The molecule has 1 aromatic carbocycles. The van der Waals surface area contributed by atoms with Crippen molar-refractivity contribution in [3.05, 3.63) is 29.3 Å². The maximum atomic E-state index is 4.58. The minimum absolute atomic E-state index is 0.991. The molecule has 0 spiro atoms. The van der Waals surface area contributed by atoms with Crippen molar-refractivity contribution in [2.45, 2.75) is 19.3 Å². The highest BCUT2D eigenvalue weighted by molar-refractivity contribution is 7.16. The fourth-order valence-electron chi connectivity index (χ4n) is 1.97. The first-order valence-electron chi connectivity index (χ1n) is 5.30. The van der Waals surface area contributed by atoms with Crippen LogP contribution in [0.2, 0.25) is 0 Å². The largest absolute Gasteiger partial charge is 0.289 e. The lowest BCUT2D eigenvalue weighted by Crippen LogP contribution is -2.07. The Morgan fingerprint density at radius 2 is 2.20 bits per heavy atom. The fourth-order valence-corrected chi connectivity index (χ4v) is 2.63. The summed E-state index contributed by atoms with van der Waals surface area (Å²) in [6, 6.07) is 6.49. The summed E-state index contributed by atoms with van der Waals surface area (Å²) in [4.78, 5) is 8.92. The lowest BCUT2D eigenvalue weighted by molar-refractivity contribution is 0.738. The summed E-state index contributed by atoms with van der Waals surface area (Å²) in [5.74, 6) is 0. The second-order valence-electron chi connectivity index (χ2n) is 3.82. The molecule has 1 aromatic heterocycles. The molecule has 0 N–H and O–H groups in total. The third-order valence-electron chi connectivity index (χ3n) is 2.79. The van der Waals surface area contributed by atoms with Gasteiger partial charge in [-0.1, -0.05) is 6.07 Å². The smallest absolute Gasteiger partial charge is 0.0818 e. The van der Waals surface area contributed by atoms with Crippen molar-refractivity contribution in [1.29, 1.82) is 0 Å². The van der Waals surface area contributed by atoms with Gasteiger partial charge < -0.3 is 0 Å². The molecule has 0 amide bonds. The molecule has 2 aromatic rings. The molecule has 0 saturated heterocycles. The number of benzene rings is 1. The predicted molar refractivity (Wildman–Crippen MR) is 64.9 cm³/mol. The molecule has 15 heavy (non-hydrogen) atoms. The summed E-state index contributed by atoms with van der Waals surface area (Å²) in [7, 11) is 0. The van der Waals surface area contributed by atoms with Crippen LogP contribution in [-0.4, -0.2) is 17.2 Å². The molecule has 0 fully saturated rings. The van der Waals surface area contributed by atoms with Crippen LogP contribution in [0.3, 0.4) is 0 Å². The van der Waals surface area contributed by atoms with Gasteiger partial charge in [0.1, 0.15) is 0 Å². The van der Waals surface area contributed by atoms with E-state index in [0.29, 0.717) is 0 Å². The maximum absolute atomic E-state index is 4.58. The summed E-state index contributed by atoms with van der Waals surface area (Å²) in [6.07, 6.45) is 3.63. The Kier molecular flexibility index (Phi) is 2.25. The van der Waals surface area contributed by atoms with Gasteiger partial charge in [-0.2, -0.15) is 0 Å². The summed E-state index contributed by atoms with van der Waals surface area (Å²) in [5.41, 5.74) is 5.52. The van der Waals surface area contributed by atoms with Crippen molar-refractivity contribution in [1.82, 2.24) is 4.98 Å². The maximum Gasteiger partial charge on any atom is 0.0818 e. The Balaban J connectivity index is 2.06. The highest BCUT2D eigenvalue weighted by atomic mass is 32.1. The number of rotatable bonds is 1. The van der Waals surface area contributed by atoms with E-state index < -0.39 is 0 Å². The zero-order chi connectivity index (χ0) is 10.1. The Morgan fingerprint density at radius 1 is 1.20 bits per heavy atom. The van der Waals surface area contributed by atoms with E-state index in [0.717, 1.165) is 18.5 Å². The molecule has 0 saturated carbocycles. The molecule has 0 aliphatic carbocycles. The van der Waals surface area contributed by atoms with Gasteiger partial charge >= 0.3 is 0 Å². The second kappa shape index (κ2) is 3.74. The Morgan fingerprint density at radius 3 is 3.07 bits per heavy atom. The van der Waals surface area contributed by atoms with E-state index in [1.807, 2.05) is 5.51 Å². The number of nitrogens with zero attached hydrogens (tertiary/aromatic N) is 2. The second-order valence-corrected chi connectivity index (χ2v) is 4.71. The van der Waals surface area contributed by atoms with Crippen molar-refractivity contribution in [3.63, 3.8) is 0 Å². The monoisotopic (exact) mass is 216 g/mol. The van der Waals surface area contributed by atoms with Crippen LogP contribution in [0.5, 0.6) is 0 Å². The van der Waals surface area contributed by atoms with E-state index in [9.17, 15) is 0 Å². The van der Waals surface area contributed by atoms with E-state index in [1.54, 1.807) is 11.3 Å². The molecule has 0 atom stereocenters. The molecule has 3 heteroatoms. The molecule has 0 radical (unpaired) electrons. The molecule has 2 nitrogen and oxygen atoms in total. The van der Waals surface area contributed by atoms with E-state index in [-0.39, 0.29) is 0 Å². The first kappa shape index (κ1) is 9.04. The zero-order valence-electron chi connectivity index (χ0n) is 8.44. The number of fused-ring (bicyclic) bond motifs is 1. The highest BCUT2D eigenvalue weighted by Gasteiger charge is 2.08. The normalized spacial score (nSPS) is 16.7. The molecule has 1 aliphatic heterocycles. The molecular formula is C12H12N2S. The first-order valence-corrected chi connectivity index (χ1v) is 6.18. The summed E-state index contributed by atoms with van der Waals surface area (Å²) < 4.78 is 1.26. The van der Waals surface area contributed by atoms with Gasteiger partial charge in [0.05, 0.1) is 15.7 Å². The molecule has 0 bridgehead atoms. The number of aliphatic imine (C=N–C) groups is 1. The molecule has 0 unspecified atom stereocenters. The van der Waals surface area contributed by atoms with Crippen LogP contribution in [0.25, 0.3) is 10.2 Å². The van der Waals surface area contributed by atoms with Crippen LogP contribution in [-0.2, 0) is 0 Å². The summed E-state index contributed by atoms with van der Waals surface area (Å²) in [6.45, 7) is 0.991. The van der Waals surface area contributed by atoms with Crippen LogP contribution < -0.4 is 0 Å². The Labute approximate surface area is 92.7 Å². The van der Waals surface area contributed by atoms with Gasteiger partial charge in [-0.15, -0.1) is 11.3 Å². The molecular weight excluding hydrogens is 204 g/mol. The SMILES string of the molecule is c1nc2cc(C3=NCCCC3)ccc2s1. The fraction of sp³-hybridized carbons (Fsp3) is 0.333. The Bertz CT molecular complexity index is 513. The number of hydrogen-bond acceptors (Lipinski definition) is 3. The quantitative estimate of drug-likeness (QED) is 0.718. The molecule has 2 heterocycles. The van der Waals surface area contributed by atoms with Crippen molar-refractivity contribution in [2.24, 2.45) is 4.99 Å². The van der Waals surface area contributed by atoms with Gasteiger partial charge in [0.25, 0.3) is 0 Å². The number of aromatic nitrogens is 1. The van der Waals surface area contributed by atoms with Crippen molar-refractivity contribution in [2.75, 3.05) is 6.54 Å². The molecule has 76 valence electrons. The minimum atomic E-state index is 0.991. The van der Waals surface area contributed by atoms with Gasteiger partial charge in [0, 0.05) is 12.3 Å². The number of thiazole rings is 1. The number of hydrogen-bond donors (Lipinski definition) is 0. The average molecular weight is 216 g/mol. The van der Waals surface area contributed by atoms with E-state index in [1.165, 1.54) is 28.8 Å². The van der Waals surface area contributed by atoms with Crippen LogP contribution in [0.1, 0.15) is 24.8 Å². The lowest BCUT2D eigenvalue weighted by Gasteiger charge is -2.11. The summed E-state index contributed by atoms with van der Waals surface area (Å²) >= 11 is 1.69.